The molecule has 0 radical (unpaired) electrons. The molecule has 7 nitrogen and oxygen atoms in total. The molecule has 1 fully saturated rings. The molecule has 0 bridgehead atoms. The first kappa shape index (κ1) is 21.6. The van der Waals surface area contributed by atoms with Crippen molar-refractivity contribution in [3.8, 4) is 11.1 Å². The zero-order chi connectivity index (χ0) is 22.9. The van der Waals surface area contributed by atoms with Gasteiger partial charge in [-0.1, -0.05) is 43.3 Å². The van der Waals surface area contributed by atoms with Gasteiger partial charge in [0.05, 0.1) is 12.1 Å². The van der Waals surface area contributed by atoms with Gasteiger partial charge in [-0.15, -0.1) is 0 Å². The number of nitrogens with one attached hydrogen (secondary N) is 1. The molecule has 170 valence electrons. The van der Waals surface area contributed by atoms with Crippen molar-refractivity contribution >= 4 is 5.91 Å². The molecular weight excluding hydrogens is 416 g/mol. The number of fused-ring (bicyclic) bond motifs is 3. The van der Waals surface area contributed by atoms with Gasteiger partial charge in [-0.05, 0) is 30.3 Å². The average Bonchev–Trinajstić information content (AvgIpc) is 3.38. The number of rotatable bonds is 6. The number of pyridine rings is 2. The van der Waals surface area contributed by atoms with E-state index in [0.717, 1.165) is 16.8 Å². The monoisotopic (exact) mass is 444 g/mol. The Bertz CT molecular complexity index is 1200. The van der Waals surface area contributed by atoms with E-state index in [1.54, 1.807) is 12.4 Å². The van der Waals surface area contributed by atoms with Crippen LogP contribution in [0.1, 0.15) is 24.2 Å². The van der Waals surface area contributed by atoms with Crippen LogP contribution in [-0.2, 0) is 17.9 Å². The van der Waals surface area contributed by atoms with Crippen LogP contribution in [0.5, 0.6) is 0 Å². The van der Waals surface area contributed by atoms with Crippen molar-refractivity contribution in [2.24, 2.45) is 11.8 Å². The number of hydrogen-bond donors (Lipinski definition) is 2. The van der Waals surface area contributed by atoms with Crippen LogP contribution < -0.4 is 10.9 Å². The molecule has 2 aromatic heterocycles. The molecule has 2 aliphatic rings. The summed E-state index contributed by atoms with van der Waals surface area (Å²) in [5.41, 5.74) is 3.31. The summed E-state index contributed by atoms with van der Waals surface area (Å²) in [6, 6.07) is 16.9. The molecule has 1 saturated heterocycles. The number of aliphatic hydroxyl groups is 1. The number of benzene rings is 1. The van der Waals surface area contributed by atoms with E-state index in [-0.39, 0.29) is 36.0 Å². The zero-order valence-electron chi connectivity index (χ0n) is 18.6. The Kier molecular flexibility index (Phi) is 5.83. The third kappa shape index (κ3) is 3.67. The highest BCUT2D eigenvalue weighted by atomic mass is 16.3. The summed E-state index contributed by atoms with van der Waals surface area (Å²) in [6.45, 7) is 3.53. The smallest absolute Gasteiger partial charge is 0.258 e. The van der Waals surface area contributed by atoms with Crippen molar-refractivity contribution in [1.29, 1.82) is 0 Å². The van der Waals surface area contributed by atoms with Crippen LogP contribution in [-0.4, -0.2) is 44.7 Å². The standard InChI is InChI=1S/C26H28N4O3/c1-2-29-23-20(21(16-31)24(29)25(32)28-13-17-7-4-3-5-8-17)15-30-22(23)11-10-19(26(30)33)18-9-6-12-27-14-18/h3-12,14,20-21,23-24,31H,2,13,15-16H2,1H3,(H,28,32)/t20-,21-,23+,24-/m1/s1. The Morgan fingerprint density at radius 2 is 1.97 bits per heavy atom. The maximum Gasteiger partial charge on any atom is 0.258 e. The number of amides is 1. The third-order valence-corrected chi connectivity index (χ3v) is 7.11. The molecule has 3 aromatic rings. The fraction of sp³-hybridized carbons (Fsp3) is 0.346. The van der Waals surface area contributed by atoms with Crippen LogP contribution in [0.3, 0.4) is 0 Å². The number of carbonyl (C=O) groups is 1. The van der Waals surface area contributed by atoms with Gasteiger partial charge in [0.1, 0.15) is 0 Å². The molecule has 2 N–H and O–H groups in total. The van der Waals surface area contributed by atoms with Crippen LogP contribution in [0.4, 0.5) is 0 Å². The maximum atomic E-state index is 13.3. The fourth-order valence-corrected chi connectivity index (χ4v) is 5.61. The fourth-order valence-electron chi connectivity index (χ4n) is 5.61. The summed E-state index contributed by atoms with van der Waals surface area (Å²) < 4.78 is 1.82. The second-order valence-corrected chi connectivity index (χ2v) is 8.76. The molecule has 7 heteroatoms. The summed E-state index contributed by atoms with van der Waals surface area (Å²) in [4.78, 5) is 32.9. The van der Waals surface area contributed by atoms with Crippen LogP contribution in [0.25, 0.3) is 11.1 Å². The molecule has 0 saturated carbocycles. The van der Waals surface area contributed by atoms with Gasteiger partial charge in [-0.2, -0.15) is 0 Å². The summed E-state index contributed by atoms with van der Waals surface area (Å²) in [7, 11) is 0. The van der Waals surface area contributed by atoms with Gasteiger partial charge < -0.3 is 15.0 Å². The van der Waals surface area contributed by atoms with E-state index < -0.39 is 6.04 Å². The zero-order valence-corrected chi connectivity index (χ0v) is 18.6. The lowest BCUT2D eigenvalue weighted by molar-refractivity contribution is -0.127. The Morgan fingerprint density at radius 1 is 1.15 bits per heavy atom. The molecule has 0 unspecified atom stereocenters. The van der Waals surface area contributed by atoms with Gasteiger partial charge in [0.25, 0.3) is 5.56 Å². The Labute approximate surface area is 192 Å². The van der Waals surface area contributed by atoms with E-state index in [1.807, 2.05) is 66.1 Å². The van der Waals surface area contributed by atoms with Gasteiger partial charge in [-0.25, -0.2) is 0 Å². The number of likely N-dealkylation sites (tertiary alicyclic amines) is 1. The minimum atomic E-state index is -0.430. The summed E-state index contributed by atoms with van der Waals surface area (Å²) in [5, 5.41) is 13.4. The van der Waals surface area contributed by atoms with Gasteiger partial charge in [-0.3, -0.25) is 19.5 Å². The molecule has 1 aromatic carbocycles. The summed E-state index contributed by atoms with van der Waals surface area (Å²) >= 11 is 0. The van der Waals surface area contributed by atoms with E-state index in [2.05, 4.69) is 15.2 Å². The quantitative estimate of drug-likeness (QED) is 0.609. The molecule has 4 heterocycles. The van der Waals surface area contributed by atoms with Crippen LogP contribution in [0.2, 0.25) is 0 Å². The number of hydrogen-bond acceptors (Lipinski definition) is 5. The van der Waals surface area contributed by atoms with Crippen LogP contribution >= 0.6 is 0 Å². The van der Waals surface area contributed by atoms with Crippen molar-refractivity contribution in [2.45, 2.75) is 32.1 Å². The van der Waals surface area contributed by atoms with E-state index in [4.69, 9.17) is 0 Å². The minimum Gasteiger partial charge on any atom is -0.396 e. The SMILES string of the molecule is CCN1[C@@H]2c3ccc(-c4cccnc4)c(=O)n3C[C@@H]2[C@@H](CO)[C@@H]1C(=O)NCc1ccccc1. The third-order valence-electron chi connectivity index (χ3n) is 7.11. The highest BCUT2D eigenvalue weighted by Gasteiger charge is 2.54. The molecule has 1 amide bonds. The van der Waals surface area contributed by atoms with Crippen LogP contribution in [0, 0.1) is 11.8 Å². The first-order valence-electron chi connectivity index (χ1n) is 11.5. The second kappa shape index (κ2) is 8.92. The number of likely N-dealkylation sites (N-methyl/N-ethyl adjacent to an activating group) is 1. The predicted octanol–water partition coefficient (Wildman–Crippen LogP) is 2.21. The van der Waals surface area contributed by atoms with E-state index in [1.165, 1.54) is 0 Å². The van der Waals surface area contributed by atoms with Gasteiger partial charge >= 0.3 is 0 Å². The predicted molar refractivity (Wildman–Crippen MR) is 125 cm³/mol. The summed E-state index contributed by atoms with van der Waals surface area (Å²) in [5.74, 6) is -0.318. The number of aromatic nitrogens is 2. The molecule has 0 aliphatic carbocycles. The molecule has 5 rings (SSSR count). The Morgan fingerprint density at radius 3 is 2.67 bits per heavy atom. The van der Waals surface area contributed by atoms with Crippen molar-refractivity contribution in [3.05, 3.63) is 88.6 Å². The topological polar surface area (TPSA) is 87.5 Å². The number of nitrogens with zero attached hydrogens (tertiary/aromatic N) is 3. The van der Waals surface area contributed by atoms with Crippen LogP contribution in [0.15, 0.2) is 71.8 Å². The second-order valence-electron chi connectivity index (χ2n) is 8.76. The highest BCUT2D eigenvalue weighted by Crippen LogP contribution is 2.49. The first-order chi connectivity index (χ1) is 16.1. The van der Waals surface area contributed by atoms with Crippen molar-refractivity contribution in [1.82, 2.24) is 19.8 Å². The lowest BCUT2D eigenvalue weighted by Crippen LogP contribution is -2.48. The van der Waals surface area contributed by atoms with E-state index in [0.29, 0.717) is 25.2 Å². The van der Waals surface area contributed by atoms with Crippen molar-refractivity contribution < 1.29 is 9.90 Å². The average molecular weight is 445 g/mol. The van der Waals surface area contributed by atoms with Gasteiger partial charge in [0, 0.05) is 60.7 Å². The maximum absolute atomic E-state index is 13.3. The normalized spacial score (nSPS) is 23.8. The number of aliphatic hydroxyl groups excluding tert-OH is 1. The lowest BCUT2D eigenvalue weighted by Gasteiger charge is -2.29. The number of carbonyl (C=O) groups excluding carboxylic acids is 1. The molecule has 4 atom stereocenters. The Hall–Kier alpha value is -3.29. The molecule has 0 spiro atoms. The van der Waals surface area contributed by atoms with E-state index in [9.17, 15) is 14.7 Å². The summed E-state index contributed by atoms with van der Waals surface area (Å²) in [6.07, 6.45) is 3.38. The Balaban J connectivity index is 1.44. The van der Waals surface area contributed by atoms with Crippen molar-refractivity contribution in [3.63, 3.8) is 0 Å². The van der Waals surface area contributed by atoms with Gasteiger partial charge in [0.15, 0.2) is 0 Å². The van der Waals surface area contributed by atoms with Gasteiger partial charge in [0.2, 0.25) is 5.91 Å². The molecule has 33 heavy (non-hydrogen) atoms. The highest BCUT2D eigenvalue weighted by molar-refractivity contribution is 5.82. The van der Waals surface area contributed by atoms with Crippen molar-refractivity contribution in [2.75, 3.05) is 13.2 Å². The lowest BCUT2D eigenvalue weighted by atomic mass is 9.88. The molecular formula is C26H28N4O3. The minimum absolute atomic E-state index is 0.000673. The first-order valence-corrected chi connectivity index (χ1v) is 11.5. The molecule has 2 aliphatic heterocycles. The van der Waals surface area contributed by atoms with E-state index >= 15 is 0 Å². The largest absolute Gasteiger partial charge is 0.396 e.